The van der Waals surface area contributed by atoms with Gasteiger partial charge in [0, 0.05) is 25.3 Å². The van der Waals surface area contributed by atoms with E-state index in [1.807, 2.05) is 30.3 Å². The van der Waals surface area contributed by atoms with Crippen molar-refractivity contribution >= 4 is 5.91 Å². The lowest BCUT2D eigenvalue weighted by Gasteiger charge is -2.39. The predicted octanol–water partition coefficient (Wildman–Crippen LogP) is 3.65. The number of nitrogens with zero attached hydrogens (tertiary/aromatic N) is 2. The first-order valence-electron chi connectivity index (χ1n) is 9.50. The van der Waals surface area contributed by atoms with Crippen molar-refractivity contribution in [1.29, 1.82) is 5.26 Å². The normalized spacial score (nSPS) is 27.1. The molecule has 2 unspecified atom stereocenters. The summed E-state index contributed by atoms with van der Waals surface area (Å²) < 4.78 is 0. The fraction of sp³-hybridized carbons (Fsp3) is 0.545. The molecule has 3 rings (SSSR count). The Morgan fingerprint density at radius 2 is 2.04 bits per heavy atom. The minimum atomic E-state index is -0.269. The van der Waals surface area contributed by atoms with Crippen molar-refractivity contribution in [3.05, 3.63) is 47.7 Å². The predicted molar refractivity (Wildman–Crippen MR) is 103 cm³/mol. The van der Waals surface area contributed by atoms with Gasteiger partial charge in [0.25, 0.3) is 5.91 Å². The molecule has 1 aromatic rings. The zero-order chi connectivity index (χ0) is 18.8. The molecule has 1 amide bonds. The van der Waals surface area contributed by atoms with Crippen molar-refractivity contribution in [2.45, 2.75) is 52.5 Å². The van der Waals surface area contributed by atoms with Crippen LogP contribution >= 0.6 is 0 Å². The third-order valence-corrected chi connectivity index (χ3v) is 5.66. The molecular weight excluding hydrogens is 322 g/mol. The van der Waals surface area contributed by atoms with Crippen LogP contribution in [0.2, 0.25) is 0 Å². The Morgan fingerprint density at radius 1 is 1.31 bits per heavy atom. The summed E-state index contributed by atoms with van der Waals surface area (Å²) in [5.41, 5.74) is 2.00. The molecule has 2 aliphatic rings. The maximum Gasteiger partial charge on any atom is 0.263 e. The van der Waals surface area contributed by atoms with Gasteiger partial charge in [0.2, 0.25) is 0 Å². The molecule has 4 heteroatoms. The quantitative estimate of drug-likeness (QED) is 0.651. The summed E-state index contributed by atoms with van der Waals surface area (Å²) in [7, 11) is 0. The molecule has 2 bridgehead atoms. The van der Waals surface area contributed by atoms with Crippen molar-refractivity contribution in [1.82, 2.24) is 10.2 Å². The summed E-state index contributed by atoms with van der Waals surface area (Å²) in [6.07, 6.45) is 6.04. The molecule has 2 fully saturated rings. The van der Waals surface area contributed by atoms with Gasteiger partial charge in [-0.25, -0.2) is 0 Å². The number of likely N-dealkylation sites (tertiary alicyclic amines) is 1. The van der Waals surface area contributed by atoms with Crippen LogP contribution in [0.4, 0.5) is 0 Å². The summed E-state index contributed by atoms with van der Waals surface area (Å²) in [5, 5.41) is 12.4. The lowest BCUT2D eigenvalue weighted by Crippen LogP contribution is -2.34. The largest absolute Gasteiger partial charge is 0.373 e. The molecule has 2 atom stereocenters. The lowest BCUT2D eigenvalue weighted by molar-refractivity contribution is -0.117. The minimum Gasteiger partial charge on any atom is -0.373 e. The van der Waals surface area contributed by atoms with E-state index < -0.39 is 0 Å². The highest BCUT2D eigenvalue weighted by molar-refractivity contribution is 5.97. The monoisotopic (exact) mass is 351 g/mol. The second kappa shape index (κ2) is 7.15. The van der Waals surface area contributed by atoms with Crippen molar-refractivity contribution < 1.29 is 4.79 Å². The molecule has 26 heavy (non-hydrogen) atoms. The smallest absolute Gasteiger partial charge is 0.263 e. The average Bonchev–Trinajstić information content (AvgIpc) is 2.81. The Bertz CT molecular complexity index is 732. The molecule has 1 saturated carbocycles. The van der Waals surface area contributed by atoms with Crippen molar-refractivity contribution in [2.24, 2.45) is 10.8 Å². The Morgan fingerprint density at radius 3 is 2.73 bits per heavy atom. The first kappa shape index (κ1) is 18.5. The van der Waals surface area contributed by atoms with E-state index in [0.29, 0.717) is 18.0 Å². The van der Waals surface area contributed by atoms with E-state index in [1.54, 1.807) is 6.20 Å². The van der Waals surface area contributed by atoms with Crippen LogP contribution in [0.15, 0.2) is 42.1 Å². The van der Waals surface area contributed by atoms with E-state index in [-0.39, 0.29) is 16.9 Å². The van der Waals surface area contributed by atoms with E-state index in [4.69, 9.17) is 0 Å². The average molecular weight is 351 g/mol. The summed E-state index contributed by atoms with van der Waals surface area (Å²) in [6, 6.07) is 12.6. The number of nitrogens with one attached hydrogen (secondary N) is 1. The molecule has 1 aliphatic heterocycles. The highest BCUT2D eigenvalue weighted by atomic mass is 16.1. The molecule has 4 nitrogen and oxygen atoms in total. The van der Waals surface area contributed by atoms with Gasteiger partial charge >= 0.3 is 0 Å². The second-order valence-corrected chi connectivity index (χ2v) is 9.03. The van der Waals surface area contributed by atoms with E-state index >= 15 is 0 Å². The summed E-state index contributed by atoms with van der Waals surface area (Å²) in [5.74, 6) is -0.269. The van der Waals surface area contributed by atoms with Crippen LogP contribution in [0.3, 0.4) is 0 Å². The van der Waals surface area contributed by atoms with E-state index in [2.05, 4.69) is 37.1 Å². The molecule has 1 N–H and O–H groups in total. The van der Waals surface area contributed by atoms with Crippen LogP contribution in [-0.2, 0) is 11.2 Å². The van der Waals surface area contributed by atoms with Gasteiger partial charge in [-0.3, -0.25) is 4.79 Å². The molecule has 0 spiro atoms. The van der Waals surface area contributed by atoms with Crippen LogP contribution in [0.1, 0.15) is 45.6 Å². The zero-order valence-electron chi connectivity index (χ0n) is 16.1. The number of hydrogen-bond acceptors (Lipinski definition) is 3. The van der Waals surface area contributed by atoms with Gasteiger partial charge in [-0.1, -0.05) is 51.1 Å². The van der Waals surface area contributed by atoms with Crippen molar-refractivity contribution in [3.8, 4) is 6.07 Å². The van der Waals surface area contributed by atoms with Crippen molar-refractivity contribution in [3.63, 3.8) is 0 Å². The van der Waals surface area contributed by atoms with Crippen LogP contribution in [0.5, 0.6) is 0 Å². The van der Waals surface area contributed by atoms with E-state index in [9.17, 15) is 10.1 Å². The number of rotatable bonds is 5. The zero-order valence-corrected chi connectivity index (χ0v) is 16.1. The fourth-order valence-electron chi connectivity index (χ4n) is 5.02. The molecule has 1 heterocycles. The number of carbonyl (C=O) groups excluding carboxylic acids is 1. The van der Waals surface area contributed by atoms with Gasteiger partial charge in [0.1, 0.15) is 11.6 Å². The minimum absolute atomic E-state index is 0.215. The maximum atomic E-state index is 12.4. The van der Waals surface area contributed by atoms with Gasteiger partial charge in [-0.15, -0.1) is 0 Å². The van der Waals surface area contributed by atoms with Crippen LogP contribution < -0.4 is 5.32 Å². The number of carbonyl (C=O) groups is 1. The standard InChI is InChI=1S/C22H29N3O/c1-21(2)11-19-12-22(3,15-21)16-25(19)14-18(13-23)20(26)24-10-9-17-7-5-4-6-8-17/h4-8,14,19H,9-12,15-16H2,1-3H3,(H,24,26)/b18-14-. The third kappa shape index (κ3) is 4.27. The van der Waals surface area contributed by atoms with Crippen molar-refractivity contribution in [2.75, 3.05) is 13.1 Å². The van der Waals surface area contributed by atoms with Gasteiger partial charge < -0.3 is 10.2 Å². The molecule has 138 valence electrons. The Labute approximate surface area is 156 Å². The molecule has 0 radical (unpaired) electrons. The first-order valence-corrected chi connectivity index (χ1v) is 9.50. The van der Waals surface area contributed by atoms with Gasteiger partial charge in [-0.05, 0) is 42.1 Å². The summed E-state index contributed by atoms with van der Waals surface area (Å²) in [6.45, 7) is 8.46. The molecule has 1 aliphatic carbocycles. The summed E-state index contributed by atoms with van der Waals surface area (Å²) >= 11 is 0. The number of benzene rings is 1. The second-order valence-electron chi connectivity index (χ2n) is 9.03. The molecule has 0 aromatic heterocycles. The van der Waals surface area contributed by atoms with Gasteiger partial charge in [0.05, 0.1) is 0 Å². The first-order chi connectivity index (χ1) is 12.3. The van der Waals surface area contributed by atoms with Crippen LogP contribution in [-0.4, -0.2) is 29.9 Å². The van der Waals surface area contributed by atoms with E-state index in [1.165, 1.54) is 12.0 Å². The highest BCUT2D eigenvalue weighted by Gasteiger charge is 2.48. The Kier molecular flexibility index (Phi) is 5.09. The third-order valence-electron chi connectivity index (χ3n) is 5.66. The van der Waals surface area contributed by atoms with E-state index in [0.717, 1.165) is 25.8 Å². The summed E-state index contributed by atoms with van der Waals surface area (Å²) in [4.78, 5) is 14.7. The topological polar surface area (TPSA) is 56.1 Å². The fourth-order valence-corrected chi connectivity index (χ4v) is 5.02. The number of hydrogen-bond donors (Lipinski definition) is 1. The molecule has 1 aromatic carbocycles. The van der Waals surface area contributed by atoms with Gasteiger partial charge in [0.15, 0.2) is 0 Å². The molecule has 1 saturated heterocycles. The lowest BCUT2D eigenvalue weighted by atomic mass is 9.65. The maximum absolute atomic E-state index is 12.4. The SMILES string of the molecule is CC1(C)CC2CC(C)(CN2/C=C(/C#N)C(=O)NCCc2ccccc2)C1. The number of fused-ring (bicyclic) bond motifs is 2. The van der Waals surface area contributed by atoms with Crippen LogP contribution in [0, 0.1) is 22.2 Å². The Balaban J connectivity index is 1.61. The highest BCUT2D eigenvalue weighted by Crippen LogP contribution is 2.52. The van der Waals surface area contributed by atoms with Gasteiger partial charge in [-0.2, -0.15) is 5.26 Å². The van der Waals surface area contributed by atoms with Crippen LogP contribution in [0.25, 0.3) is 0 Å². The number of nitriles is 1. The molecular formula is C22H29N3O. The Hall–Kier alpha value is -2.28. The number of amides is 1.